The van der Waals surface area contributed by atoms with Crippen molar-refractivity contribution in [3.8, 4) is 0 Å². The van der Waals surface area contributed by atoms with Gasteiger partial charge in [-0.3, -0.25) is 4.79 Å². The minimum Gasteiger partial charge on any atom is -0.481 e. The summed E-state index contributed by atoms with van der Waals surface area (Å²) >= 11 is 0. The second kappa shape index (κ2) is 6.12. The number of fused-ring (bicyclic) bond motifs is 1. The highest BCUT2D eigenvalue weighted by molar-refractivity contribution is 5.66. The van der Waals surface area contributed by atoms with Crippen molar-refractivity contribution < 1.29 is 9.90 Å². The van der Waals surface area contributed by atoms with Crippen LogP contribution >= 0.6 is 0 Å². The Labute approximate surface area is 110 Å². The number of unbranched alkanes of at least 4 members (excludes halogenated alkanes) is 2. The van der Waals surface area contributed by atoms with E-state index in [0.29, 0.717) is 12.2 Å². The molecule has 0 aromatic carbocycles. The van der Waals surface area contributed by atoms with Gasteiger partial charge in [0.1, 0.15) is 12.1 Å². The Hall–Kier alpha value is -2.18. The van der Waals surface area contributed by atoms with Crippen molar-refractivity contribution in [1.29, 1.82) is 0 Å². The highest BCUT2D eigenvalue weighted by Gasteiger charge is 2.04. The Morgan fingerprint density at radius 1 is 1.42 bits per heavy atom. The monoisotopic (exact) mass is 263 g/mol. The molecule has 2 aromatic rings. The number of nitrogens with zero attached hydrogens (tertiary/aromatic N) is 4. The summed E-state index contributed by atoms with van der Waals surface area (Å²) in [6, 6.07) is 1.92. The number of anilines is 1. The van der Waals surface area contributed by atoms with Crippen molar-refractivity contribution in [2.45, 2.75) is 32.6 Å². The Balaban J connectivity index is 1.84. The van der Waals surface area contributed by atoms with Gasteiger partial charge in [-0.05, 0) is 19.8 Å². The number of aliphatic carboxylic acids is 1. The summed E-state index contributed by atoms with van der Waals surface area (Å²) < 4.78 is 1.66. The molecule has 0 amide bonds. The van der Waals surface area contributed by atoms with Crippen LogP contribution in [0.4, 0.5) is 5.82 Å². The first kappa shape index (κ1) is 13.3. The Morgan fingerprint density at radius 3 is 3.05 bits per heavy atom. The van der Waals surface area contributed by atoms with Gasteiger partial charge in [0.05, 0.1) is 0 Å². The highest BCUT2D eigenvalue weighted by atomic mass is 16.4. The molecule has 102 valence electrons. The van der Waals surface area contributed by atoms with E-state index in [2.05, 4.69) is 20.4 Å². The van der Waals surface area contributed by atoms with Gasteiger partial charge >= 0.3 is 5.97 Å². The minimum atomic E-state index is -0.734. The molecule has 0 aliphatic heterocycles. The summed E-state index contributed by atoms with van der Waals surface area (Å²) in [4.78, 5) is 18.7. The first-order chi connectivity index (χ1) is 9.16. The number of aromatic nitrogens is 4. The highest BCUT2D eigenvalue weighted by Crippen LogP contribution is 2.10. The Bertz CT molecular complexity index is 566. The van der Waals surface area contributed by atoms with E-state index >= 15 is 0 Å². The van der Waals surface area contributed by atoms with Gasteiger partial charge in [-0.1, -0.05) is 6.42 Å². The predicted octanol–water partition coefficient (Wildman–Crippen LogP) is 1.49. The van der Waals surface area contributed by atoms with Gasteiger partial charge in [0.15, 0.2) is 0 Å². The zero-order chi connectivity index (χ0) is 13.7. The van der Waals surface area contributed by atoms with Crippen molar-refractivity contribution in [3.05, 3.63) is 18.1 Å². The van der Waals surface area contributed by atoms with Crippen LogP contribution in [0.15, 0.2) is 12.4 Å². The summed E-state index contributed by atoms with van der Waals surface area (Å²) in [5, 5.41) is 15.9. The number of carbonyl (C=O) groups is 1. The summed E-state index contributed by atoms with van der Waals surface area (Å²) in [6.45, 7) is 2.69. The molecule has 0 saturated heterocycles. The van der Waals surface area contributed by atoms with E-state index in [1.165, 1.54) is 6.33 Å². The van der Waals surface area contributed by atoms with Crippen LogP contribution in [0.1, 0.15) is 31.4 Å². The molecule has 2 aromatic heterocycles. The summed E-state index contributed by atoms with van der Waals surface area (Å²) in [6.07, 6.45) is 4.24. The van der Waals surface area contributed by atoms with Gasteiger partial charge in [0, 0.05) is 24.7 Å². The number of aryl methyl sites for hydroxylation is 1. The van der Waals surface area contributed by atoms with Crippen molar-refractivity contribution in [1.82, 2.24) is 19.6 Å². The van der Waals surface area contributed by atoms with E-state index in [4.69, 9.17) is 5.11 Å². The summed E-state index contributed by atoms with van der Waals surface area (Å²) in [5.74, 6) is 0.702. The van der Waals surface area contributed by atoms with Crippen LogP contribution in [0.5, 0.6) is 0 Å². The third-order valence-corrected chi connectivity index (χ3v) is 2.75. The molecule has 0 aliphatic rings. The molecule has 2 rings (SSSR count). The molecule has 0 radical (unpaired) electrons. The average Bonchev–Trinajstić information content (AvgIpc) is 2.80. The van der Waals surface area contributed by atoms with Gasteiger partial charge in [0.2, 0.25) is 0 Å². The lowest BCUT2D eigenvalue weighted by Gasteiger charge is -2.08. The van der Waals surface area contributed by atoms with Crippen molar-refractivity contribution in [2.75, 3.05) is 11.9 Å². The molecule has 0 bridgehead atoms. The molecule has 2 N–H and O–H groups in total. The predicted molar refractivity (Wildman–Crippen MR) is 70.1 cm³/mol. The quantitative estimate of drug-likeness (QED) is 0.735. The topological polar surface area (TPSA) is 92.4 Å². The number of carboxylic acids is 1. The number of nitrogens with one attached hydrogen (secondary N) is 1. The van der Waals surface area contributed by atoms with Gasteiger partial charge in [-0.15, -0.1) is 0 Å². The van der Waals surface area contributed by atoms with Crippen LogP contribution in [0.2, 0.25) is 0 Å². The first-order valence-electron chi connectivity index (χ1n) is 6.30. The van der Waals surface area contributed by atoms with Crippen molar-refractivity contribution >= 4 is 17.6 Å². The zero-order valence-electron chi connectivity index (χ0n) is 10.8. The first-order valence-corrected chi connectivity index (χ1v) is 6.30. The van der Waals surface area contributed by atoms with E-state index in [1.807, 2.05) is 13.0 Å². The third kappa shape index (κ3) is 3.64. The molecule has 0 fully saturated rings. The maximum Gasteiger partial charge on any atom is 0.303 e. The molecular weight excluding hydrogens is 246 g/mol. The summed E-state index contributed by atoms with van der Waals surface area (Å²) in [7, 11) is 0. The molecule has 0 saturated carbocycles. The van der Waals surface area contributed by atoms with Crippen LogP contribution in [-0.4, -0.2) is 37.2 Å². The minimum absolute atomic E-state index is 0.238. The smallest absolute Gasteiger partial charge is 0.303 e. The van der Waals surface area contributed by atoms with Crippen molar-refractivity contribution in [3.63, 3.8) is 0 Å². The number of rotatable bonds is 7. The van der Waals surface area contributed by atoms with E-state index in [0.717, 1.165) is 30.9 Å². The Kier molecular flexibility index (Phi) is 4.27. The fourth-order valence-electron chi connectivity index (χ4n) is 1.85. The molecule has 19 heavy (non-hydrogen) atoms. The molecule has 0 unspecified atom stereocenters. The maximum absolute atomic E-state index is 10.4. The fourth-order valence-corrected chi connectivity index (χ4v) is 1.85. The van der Waals surface area contributed by atoms with E-state index < -0.39 is 5.97 Å². The second-order valence-electron chi connectivity index (χ2n) is 4.39. The maximum atomic E-state index is 10.4. The number of carboxylic acid groups (broad SMARTS) is 1. The average molecular weight is 263 g/mol. The van der Waals surface area contributed by atoms with Crippen LogP contribution in [0.25, 0.3) is 5.78 Å². The van der Waals surface area contributed by atoms with E-state index in [-0.39, 0.29) is 6.42 Å². The van der Waals surface area contributed by atoms with Gasteiger partial charge in [-0.2, -0.15) is 14.6 Å². The lowest BCUT2D eigenvalue weighted by atomic mass is 10.2. The zero-order valence-corrected chi connectivity index (χ0v) is 10.8. The van der Waals surface area contributed by atoms with Crippen LogP contribution in [0, 0.1) is 6.92 Å². The molecular formula is C12H17N5O2. The normalized spacial score (nSPS) is 10.8. The molecule has 0 atom stereocenters. The van der Waals surface area contributed by atoms with Crippen LogP contribution in [0.3, 0.4) is 0 Å². The summed E-state index contributed by atoms with van der Waals surface area (Å²) in [5.41, 5.74) is 0.883. The largest absolute Gasteiger partial charge is 0.481 e. The van der Waals surface area contributed by atoms with Crippen LogP contribution < -0.4 is 5.32 Å². The molecule has 0 aliphatic carbocycles. The second-order valence-corrected chi connectivity index (χ2v) is 4.39. The Morgan fingerprint density at radius 2 is 2.26 bits per heavy atom. The lowest BCUT2D eigenvalue weighted by molar-refractivity contribution is -0.137. The lowest BCUT2D eigenvalue weighted by Crippen LogP contribution is -2.08. The molecule has 2 heterocycles. The molecule has 0 spiro atoms. The van der Waals surface area contributed by atoms with Crippen molar-refractivity contribution in [2.24, 2.45) is 0 Å². The SMILES string of the molecule is Cc1cc(NCCCCCC(=O)O)n2ncnc2n1. The van der Waals surface area contributed by atoms with Crippen LogP contribution in [-0.2, 0) is 4.79 Å². The fraction of sp³-hybridized carbons (Fsp3) is 0.500. The molecule has 7 heteroatoms. The van der Waals surface area contributed by atoms with Gasteiger partial charge < -0.3 is 10.4 Å². The van der Waals surface area contributed by atoms with Gasteiger partial charge in [0.25, 0.3) is 5.78 Å². The van der Waals surface area contributed by atoms with E-state index in [1.54, 1.807) is 4.52 Å². The number of hydrogen-bond acceptors (Lipinski definition) is 5. The van der Waals surface area contributed by atoms with E-state index in [9.17, 15) is 4.79 Å². The standard InChI is InChI=1S/C12H17N5O2/c1-9-7-10(17-12(16-9)14-8-15-17)13-6-4-2-3-5-11(18)19/h7-8,13H,2-6H2,1H3,(H,18,19). The molecule has 7 nitrogen and oxygen atoms in total. The third-order valence-electron chi connectivity index (χ3n) is 2.75. The van der Waals surface area contributed by atoms with Gasteiger partial charge in [-0.25, -0.2) is 4.98 Å². The number of hydrogen-bond donors (Lipinski definition) is 2.